The van der Waals surface area contributed by atoms with Crippen LogP contribution in [0.3, 0.4) is 0 Å². The molecule has 3 aromatic rings. The van der Waals surface area contributed by atoms with Crippen molar-refractivity contribution in [3.05, 3.63) is 77.2 Å². The van der Waals surface area contributed by atoms with Crippen LogP contribution in [0.2, 0.25) is 0 Å². The fourth-order valence-electron chi connectivity index (χ4n) is 3.39. The summed E-state index contributed by atoms with van der Waals surface area (Å²) in [6.07, 6.45) is 1.71. The van der Waals surface area contributed by atoms with Gasteiger partial charge in [0.2, 0.25) is 5.91 Å². The molecule has 0 spiro atoms. The molecule has 0 fully saturated rings. The number of hydrogen-bond donors (Lipinski definition) is 0. The molecule has 25 heavy (non-hydrogen) atoms. The van der Waals surface area contributed by atoms with Crippen LogP contribution in [0.25, 0.3) is 10.9 Å². The van der Waals surface area contributed by atoms with Crippen LogP contribution in [0.5, 0.6) is 0 Å². The summed E-state index contributed by atoms with van der Waals surface area (Å²) in [5, 5.41) is 1.10. The van der Waals surface area contributed by atoms with Gasteiger partial charge in [0.15, 0.2) is 0 Å². The third-order valence-corrected chi connectivity index (χ3v) is 4.82. The van der Waals surface area contributed by atoms with Gasteiger partial charge < -0.3 is 4.90 Å². The number of amides is 1. The summed E-state index contributed by atoms with van der Waals surface area (Å²) in [5.41, 5.74) is 3.53. The van der Waals surface area contributed by atoms with Crippen molar-refractivity contribution in [1.82, 2.24) is 9.88 Å². The first-order valence-electron chi connectivity index (χ1n) is 8.59. The molecule has 126 valence electrons. The fraction of sp³-hybridized carbons (Fsp3) is 0.238. The second kappa shape index (κ2) is 6.63. The van der Waals surface area contributed by atoms with Crippen molar-refractivity contribution >= 4 is 16.8 Å². The Kier molecular flexibility index (Phi) is 4.18. The van der Waals surface area contributed by atoms with Crippen LogP contribution >= 0.6 is 0 Å². The van der Waals surface area contributed by atoms with Gasteiger partial charge in [-0.2, -0.15) is 0 Å². The van der Waals surface area contributed by atoms with E-state index in [0.717, 1.165) is 22.2 Å². The third kappa shape index (κ3) is 3.25. The SMILES string of the molecule is O=C(CCc1ccc2ccccc2n1)N1CCc2cccc(F)c2C1. The first-order chi connectivity index (χ1) is 12.2. The molecule has 2 aromatic carbocycles. The van der Waals surface area contributed by atoms with Crippen molar-refractivity contribution < 1.29 is 9.18 Å². The van der Waals surface area contributed by atoms with E-state index in [1.54, 1.807) is 11.0 Å². The smallest absolute Gasteiger partial charge is 0.223 e. The Labute approximate surface area is 146 Å². The largest absolute Gasteiger partial charge is 0.338 e. The Balaban J connectivity index is 1.43. The fourth-order valence-corrected chi connectivity index (χ4v) is 3.39. The van der Waals surface area contributed by atoms with Crippen LogP contribution < -0.4 is 0 Å². The number of benzene rings is 2. The van der Waals surface area contributed by atoms with E-state index in [9.17, 15) is 9.18 Å². The van der Waals surface area contributed by atoms with Gasteiger partial charge in [-0.15, -0.1) is 0 Å². The van der Waals surface area contributed by atoms with E-state index in [0.29, 0.717) is 37.9 Å². The second-order valence-electron chi connectivity index (χ2n) is 6.44. The van der Waals surface area contributed by atoms with Gasteiger partial charge in [-0.3, -0.25) is 9.78 Å². The molecule has 0 radical (unpaired) electrons. The molecule has 0 bridgehead atoms. The van der Waals surface area contributed by atoms with E-state index in [2.05, 4.69) is 4.98 Å². The lowest BCUT2D eigenvalue weighted by atomic mass is 9.99. The first kappa shape index (κ1) is 15.8. The molecule has 2 heterocycles. The van der Waals surface area contributed by atoms with Gasteiger partial charge in [0.1, 0.15) is 5.82 Å². The third-order valence-electron chi connectivity index (χ3n) is 4.82. The Morgan fingerprint density at radius 3 is 2.88 bits per heavy atom. The Hall–Kier alpha value is -2.75. The van der Waals surface area contributed by atoms with Crippen molar-refractivity contribution in [2.75, 3.05) is 6.54 Å². The lowest BCUT2D eigenvalue weighted by Gasteiger charge is -2.29. The highest BCUT2D eigenvalue weighted by Gasteiger charge is 2.22. The predicted molar refractivity (Wildman–Crippen MR) is 95.6 cm³/mol. The number of rotatable bonds is 3. The maximum absolute atomic E-state index is 14.0. The van der Waals surface area contributed by atoms with Crippen LogP contribution in [0.15, 0.2) is 54.6 Å². The maximum Gasteiger partial charge on any atom is 0.223 e. The molecule has 4 rings (SSSR count). The molecule has 0 N–H and O–H groups in total. The minimum absolute atomic E-state index is 0.0591. The summed E-state index contributed by atoms with van der Waals surface area (Å²) < 4.78 is 14.0. The molecular formula is C21H19FN2O. The maximum atomic E-state index is 14.0. The molecule has 4 heteroatoms. The van der Waals surface area contributed by atoms with Gasteiger partial charge in [-0.1, -0.05) is 36.4 Å². The molecule has 0 aliphatic carbocycles. The van der Waals surface area contributed by atoms with Crippen LogP contribution in [0.1, 0.15) is 23.2 Å². The second-order valence-corrected chi connectivity index (χ2v) is 6.44. The average molecular weight is 334 g/mol. The molecule has 1 aliphatic rings. The number of pyridine rings is 1. The molecule has 0 atom stereocenters. The van der Waals surface area contributed by atoms with Gasteiger partial charge in [-0.25, -0.2) is 4.39 Å². The van der Waals surface area contributed by atoms with Crippen molar-refractivity contribution in [2.45, 2.75) is 25.8 Å². The van der Waals surface area contributed by atoms with Gasteiger partial charge in [-0.05, 0) is 36.6 Å². The van der Waals surface area contributed by atoms with Gasteiger partial charge in [0.05, 0.1) is 5.52 Å². The number of carbonyl (C=O) groups excluding carboxylic acids is 1. The lowest BCUT2D eigenvalue weighted by Crippen LogP contribution is -2.36. The zero-order chi connectivity index (χ0) is 17.2. The van der Waals surface area contributed by atoms with Crippen LogP contribution in [0, 0.1) is 5.82 Å². The van der Waals surface area contributed by atoms with Gasteiger partial charge >= 0.3 is 0 Å². The monoisotopic (exact) mass is 334 g/mol. The average Bonchev–Trinajstić information content (AvgIpc) is 2.66. The Bertz CT molecular complexity index is 938. The van der Waals surface area contributed by atoms with Gasteiger partial charge in [0, 0.05) is 36.2 Å². The minimum atomic E-state index is -0.216. The number of hydrogen-bond acceptors (Lipinski definition) is 2. The minimum Gasteiger partial charge on any atom is -0.338 e. The summed E-state index contributed by atoms with van der Waals surface area (Å²) in [4.78, 5) is 18.9. The normalized spacial score (nSPS) is 13.7. The van der Waals surface area contributed by atoms with E-state index in [-0.39, 0.29) is 11.7 Å². The molecule has 3 nitrogen and oxygen atoms in total. The summed E-state index contributed by atoms with van der Waals surface area (Å²) in [6.45, 7) is 1.02. The number of nitrogens with zero attached hydrogens (tertiary/aromatic N) is 2. The van der Waals surface area contributed by atoms with E-state index in [1.165, 1.54) is 6.07 Å². The predicted octanol–water partition coefficient (Wildman–Crippen LogP) is 3.89. The quantitative estimate of drug-likeness (QED) is 0.728. The summed E-state index contributed by atoms with van der Waals surface area (Å²) in [5.74, 6) is -0.157. The molecule has 1 amide bonds. The standard InChI is InChI=1S/C21H19FN2O/c22-19-6-3-5-15-12-13-24(14-18(15)19)21(25)11-10-17-9-8-16-4-1-2-7-20(16)23-17/h1-9H,10-14H2. The molecule has 0 unspecified atom stereocenters. The molecular weight excluding hydrogens is 315 g/mol. The number of aromatic nitrogens is 1. The topological polar surface area (TPSA) is 33.2 Å². The Morgan fingerprint density at radius 1 is 1.08 bits per heavy atom. The molecule has 1 aliphatic heterocycles. The molecule has 1 aromatic heterocycles. The van der Waals surface area contributed by atoms with Crippen LogP contribution in [-0.2, 0) is 24.2 Å². The number of aryl methyl sites for hydroxylation is 1. The van der Waals surface area contributed by atoms with E-state index in [4.69, 9.17) is 0 Å². The number of fused-ring (bicyclic) bond motifs is 2. The zero-order valence-corrected chi connectivity index (χ0v) is 13.9. The highest BCUT2D eigenvalue weighted by atomic mass is 19.1. The van der Waals surface area contributed by atoms with Crippen LogP contribution in [-0.4, -0.2) is 22.3 Å². The van der Waals surface area contributed by atoms with Crippen LogP contribution in [0.4, 0.5) is 4.39 Å². The van der Waals surface area contributed by atoms with Gasteiger partial charge in [0.25, 0.3) is 0 Å². The van der Waals surface area contributed by atoms with E-state index < -0.39 is 0 Å². The van der Waals surface area contributed by atoms with Crippen molar-refractivity contribution in [3.8, 4) is 0 Å². The summed E-state index contributed by atoms with van der Waals surface area (Å²) in [7, 11) is 0. The van der Waals surface area contributed by atoms with E-state index >= 15 is 0 Å². The summed E-state index contributed by atoms with van der Waals surface area (Å²) in [6, 6.07) is 17.1. The number of halogens is 1. The number of para-hydroxylation sites is 1. The zero-order valence-electron chi connectivity index (χ0n) is 13.9. The Morgan fingerprint density at radius 2 is 1.96 bits per heavy atom. The summed E-state index contributed by atoms with van der Waals surface area (Å²) >= 11 is 0. The van der Waals surface area contributed by atoms with E-state index in [1.807, 2.05) is 42.5 Å². The highest BCUT2D eigenvalue weighted by molar-refractivity contribution is 5.79. The highest BCUT2D eigenvalue weighted by Crippen LogP contribution is 2.22. The van der Waals surface area contributed by atoms with Crippen molar-refractivity contribution in [2.24, 2.45) is 0 Å². The molecule has 0 saturated carbocycles. The number of carbonyl (C=O) groups is 1. The first-order valence-corrected chi connectivity index (χ1v) is 8.59. The van der Waals surface area contributed by atoms with Crippen molar-refractivity contribution in [1.29, 1.82) is 0 Å². The molecule has 0 saturated heterocycles. The lowest BCUT2D eigenvalue weighted by molar-refractivity contribution is -0.132. The van der Waals surface area contributed by atoms with Crippen molar-refractivity contribution in [3.63, 3.8) is 0 Å².